The van der Waals surface area contributed by atoms with Crippen LogP contribution < -0.4 is 10.5 Å². The normalized spacial score (nSPS) is 21.6. The van der Waals surface area contributed by atoms with Crippen molar-refractivity contribution in [2.24, 2.45) is 5.73 Å². The molecule has 108 valence electrons. The third kappa shape index (κ3) is 2.80. The lowest BCUT2D eigenvalue weighted by Crippen LogP contribution is -2.32. The number of likely N-dealkylation sites (tertiary alicyclic amines) is 1. The van der Waals surface area contributed by atoms with Crippen LogP contribution in [0, 0.1) is 0 Å². The largest absolute Gasteiger partial charge is 0.484 e. The molecule has 4 nitrogen and oxygen atoms in total. The molecule has 1 heterocycles. The molecule has 2 aliphatic rings. The number of ether oxygens (including phenoxy) is 1. The van der Waals surface area contributed by atoms with Crippen LogP contribution in [0.1, 0.15) is 42.9 Å². The monoisotopic (exact) mass is 274 g/mol. The van der Waals surface area contributed by atoms with Crippen LogP contribution >= 0.6 is 0 Å². The van der Waals surface area contributed by atoms with Gasteiger partial charge in [0.2, 0.25) is 0 Å². The highest BCUT2D eigenvalue weighted by Gasteiger charge is 2.20. The fourth-order valence-electron chi connectivity index (χ4n) is 3.11. The van der Waals surface area contributed by atoms with E-state index in [1.54, 1.807) is 0 Å². The Morgan fingerprint density at radius 1 is 1.30 bits per heavy atom. The fourth-order valence-corrected chi connectivity index (χ4v) is 3.11. The van der Waals surface area contributed by atoms with Crippen molar-refractivity contribution >= 4 is 5.91 Å². The van der Waals surface area contributed by atoms with Gasteiger partial charge in [0.1, 0.15) is 5.75 Å². The van der Waals surface area contributed by atoms with Crippen LogP contribution in [0.5, 0.6) is 5.75 Å². The second-order valence-corrected chi connectivity index (χ2v) is 5.74. The zero-order valence-corrected chi connectivity index (χ0v) is 11.8. The lowest BCUT2D eigenvalue weighted by atomic mass is 9.88. The highest BCUT2D eigenvalue weighted by atomic mass is 16.5. The number of nitrogens with two attached hydrogens (primary N) is 1. The number of hydrogen-bond acceptors (Lipinski definition) is 3. The van der Waals surface area contributed by atoms with Gasteiger partial charge in [-0.05, 0) is 55.4 Å². The van der Waals surface area contributed by atoms with E-state index in [0.717, 1.165) is 50.9 Å². The SMILES string of the molecule is N[C@@H]1CCCc2ccc(OCC(=O)N3CCCC3)cc21. The number of fused-ring (bicyclic) bond motifs is 1. The van der Waals surface area contributed by atoms with E-state index < -0.39 is 0 Å². The Bertz CT molecular complexity index is 495. The average molecular weight is 274 g/mol. The Balaban J connectivity index is 1.63. The highest BCUT2D eigenvalue weighted by Crippen LogP contribution is 2.30. The smallest absolute Gasteiger partial charge is 0.260 e. The molecule has 0 spiro atoms. The van der Waals surface area contributed by atoms with E-state index in [2.05, 4.69) is 6.07 Å². The molecule has 1 fully saturated rings. The Morgan fingerprint density at radius 2 is 2.10 bits per heavy atom. The van der Waals surface area contributed by atoms with Gasteiger partial charge in [-0.1, -0.05) is 6.07 Å². The van der Waals surface area contributed by atoms with Crippen LogP contribution in [0.15, 0.2) is 18.2 Å². The van der Waals surface area contributed by atoms with Crippen molar-refractivity contribution in [1.82, 2.24) is 4.90 Å². The first-order valence-electron chi connectivity index (χ1n) is 7.53. The van der Waals surface area contributed by atoms with Gasteiger partial charge in [0.25, 0.3) is 5.91 Å². The summed E-state index contributed by atoms with van der Waals surface area (Å²) in [5.41, 5.74) is 8.64. The van der Waals surface area contributed by atoms with Gasteiger partial charge >= 0.3 is 0 Å². The van der Waals surface area contributed by atoms with Crippen LogP contribution in [-0.2, 0) is 11.2 Å². The molecule has 1 amide bonds. The van der Waals surface area contributed by atoms with Crippen molar-refractivity contribution in [2.75, 3.05) is 19.7 Å². The summed E-state index contributed by atoms with van der Waals surface area (Å²) < 4.78 is 5.65. The molecule has 1 aliphatic heterocycles. The summed E-state index contributed by atoms with van der Waals surface area (Å²) in [6.45, 7) is 1.88. The Labute approximate surface area is 119 Å². The summed E-state index contributed by atoms with van der Waals surface area (Å²) in [5.74, 6) is 0.846. The molecular formula is C16H22N2O2. The van der Waals surface area contributed by atoms with Gasteiger partial charge in [-0.2, -0.15) is 0 Å². The predicted octanol–water partition coefficient (Wildman–Crippen LogP) is 2.02. The van der Waals surface area contributed by atoms with Crippen molar-refractivity contribution in [2.45, 2.75) is 38.1 Å². The van der Waals surface area contributed by atoms with Gasteiger partial charge in [0, 0.05) is 19.1 Å². The number of rotatable bonds is 3. The third-order valence-electron chi connectivity index (χ3n) is 4.30. The minimum absolute atomic E-state index is 0.0875. The lowest BCUT2D eigenvalue weighted by molar-refractivity contribution is -0.132. The van der Waals surface area contributed by atoms with E-state index in [0.29, 0.717) is 0 Å². The molecular weight excluding hydrogens is 252 g/mol. The summed E-state index contributed by atoms with van der Waals surface area (Å²) in [6, 6.07) is 6.16. The molecule has 1 atom stereocenters. The molecule has 1 aliphatic carbocycles. The van der Waals surface area contributed by atoms with E-state index in [1.807, 2.05) is 17.0 Å². The second-order valence-electron chi connectivity index (χ2n) is 5.74. The molecule has 0 unspecified atom stereocenters. The molecule has 0 bridgehead atoms. The van der Waals surface area contributed by atoms with Crippen LogP contribution in [0.3, 0.4) is 0 Å². The van der Waals surface area contributed by atoms with Crippen molar-refractivity contribution < 1.29 is 9.53 Å². The van der Waals surface area contributed by atoms with Crippen molar-refractivity contribution in [1.29, 1.82) is 0 Å². The Kier molecular flexibility index (Phi) is 3.92. The first-order valence-corrected chi connectivity index (χ1v) is 7.53. The van der Waals surface area contributed by atoms with Crippen molar-refractivity contribution in [3.05, 3.63) is 29.3 Å². The molecule has 0 saturated carbocycles. The summed E-state index contributed by atoms with van der Waals surface area (Å²) in [5, 5.41) is 0. The van der Waals surface area contributed by atoms with Gasteiger partial charge in [-0.3, -0.25) is 4.79 Å². The minimum atomic E-state index is 0.0875. The minimum Gasteiger partial charge on any atom is -0.484 e. The maximum atomic E-state index is 11.9. The zero-order chi connectivity index (χ0) is 13.9. The van der Waals surface area contributed by atoms with Crippen LogP contribution in [0.25, 0.3) is 0 Å². The molecule has 1 aromatic carbocycles. The number of hydrogen-bond donors (Lipinski definition) is 1. The molecule has 0 aromatic heterocycles. The first kappa shape index (κ1) is 13.4. The van der Waals surface area contributed by atoms with E-state index in [1.165, 1.54) is 11.1 Å². The standard InChI is InChI=1S/C16H22N2O2/c17-15-5-3-4-12-6-7-13(10-14(12)15)20-11-16(19)18-8-1-2-9-18/h6-7,10,15H,1-5,8-9,11,17H2/t15-/m1/s1. The van der Waals surface area contributed by atoms with Gasteiger partial charge < -0.3 is 15.4 Å². The van der Waals surface area contributed by atoms with Gasteiger partial charge in [0.05, 0.1) is 0 Å². The fraction of sp³-hybridized carbons (Fsp3) is 0.562. The number of carbonyl (C=O) groups is 1. The van der Waals surface area contributed by atoms with Gasteiger partial charge in [-0.15, -0.1) is 0 Å². The molecule has 1 saturated heterocycles. The van der Waals surface area contributed by atoms with Crippen LogP contribution in [0.2, 0.25) is 0 Å². The predicted molar refractivity (Wildman–Crippen MR) is 77.6 cm³/mol. The van der Waals surface area contributed by atoms with Crippen LogP contribution in [0.4, 0.5) is 0 Å². The van der Waals surface area contributed by atoms with E-state index in [9.17, 15) is 4.79 Å². The Morgan fingerprint density at radius 3 is 2.90 bits per heavy atom. The quantitative estimate of drug-likeness (QED) is 0.917. The van der Waals surface area contributed by atoms with Gasteiger partial charge in [-0.25, -0.2) is 0 Å². The summed E-state index contributed by atoms with van der Waals surface area (Å²) in [6.07, 6.45) is 5.50. The molecule has 2 N–H and O–H groups in total. The second kappa shape index (κ2) is 5.83. The number of benzene rings is 1. The third-order valence-corrected chi connectivity index (χ3v) is 4.30. The molecule has 0 radical (unpaired) electrons. The summed E-state index contributed by atoms with van der Waals surface area (Å²) in [4.78, 5) is 13.8. The topological polar surface area (TPSA) is 55.6 Å². The molecule has 20 heavy (non-hydrogen) atoms. The highest BCUT2D eigenvalue weighted by molar-refractivity contribution is 5.78. The van der Waals surface area contributed by atoms with Crippen molar-refractivity contribution in [3.63, 3.8) is 0 Å². The maximum absolute atomic E-state index is 11.9. The van der Waals surface area contributed by atoms with Crippen LogP contribution in [-0.4, -0.2) is 30.5 Å². The average Bonchev–Trinajstić information content (AvgIpc) is 3.00. The molecule has 4 heteroatoms. The van der Waals surface area contributed by atoms with Crippen molar-refractivity contribution in [3.8, 4) is 5.75 Å². The summed E-state index contributed by atoms with van der Waals surface area (Å²) >= 11 is 0. The van der Waals surface area contributed by atoms with E-state index >= 15 is 0 Å². The lowest BCUT2D eigenvalue weighted by Gasteiger charge is -2.23. The number of carbonyl (C=O) groups excluding carboxylic acids is 1. The number of amides is 1. The van der Waals surface area contributed by atoms with Gasteiger partial charge in [0.15, 0.2) is 6.61 Å². The molecule has 1 aromatic rings. The maximum Gasteiger partial charge on any atom is 0.260 e. The summed E-state index contributed by atoms with van der Waals surface area (Å²) in [7, 11) is 0. The van der Waals surface area contributed by atoms with E-state index in [4.69, 9.17) is 10.5 Å². The number of aryl methyl sites for hydroxylation is 1. The Hall–Kier alpha value is -1.55. The number of nitrogens with zero attached hydrogens (tertiary/aromatic N) is 1. The first-order chi connectivity index (χ1) is 9.74. The zero-order valence-electron chi connectivity index (χ0n) is 11.8. The molecule has 3 rings (SSSR count). The van der Waals surface area contributed by atoms with E-state index in [-0.39, 0.29) is 18.6 Å².